The third-order valence-corrected chi connectivity index (χ3v) is 3.20. The highest BCUT2D eigenvalue weighted by Gasteiger charge is 2.37. The van der Waals surface area contributed by atoms with Gasteiger partial charge in [0.1, 0.15) is 5.56 Å². The number of carbonyl (C=O) groups excluding carboxylic acids is 2. The molecule has 0 saturated heterocycles. The van der Waals surface area contributed by atoms with Crippen LogP contribution >= 0.6 is 0 Å². The quantitative estimate of drug-likeness (QED) is 0.503. The Morgan fingerprint density at radius 1 is 0.900 bits per heavy atom. The minimum Gasteiger partial charge on any atom is -0.289 e. The molecule has 2 aromatic carbocycles. The molecule has 0 saturated carbocycles. The molecule has 1 aliphatic rings. The van der Waals surface area contributed by atoms with E-state index in [0.29, 0.717) is 0 Å². The normalized spacial score (nSPS) is 12.8. The van der Waals surface area contributed by atoms with Crippen molar-refractivity contribution >= 4 is 17.3 Å². The van der Waals surface area contributed by atoms with E-state index in [1.54, 1.807) is 12.1 Å². The minimum absolute atomic E-state index is 0.0544. The molecule has 0 fully saturated rings. The average molecular weight is 271 g/mol. The maximum Gasteiger partial charge on any atom is 0.316 e. The Morgan fingerprint density at radius 2 is 1.50 bits per heavy atom. The summed E-state index contributed by atoms with van der Waals surface area (Å²) in [7, 11) is 0. The molecule has 20 heavy (non-hydrogen) atoms. The molecular formula is C14H6FNO4. The lowest BCUT2D eigenvalue weighted by molar-refractivity contribution is -0.387. The number of ketones is 2. The zero-order valence-corrected chi connectivity index (χ0v) is 9.92. The molecule has 0 N–H and O–H groups in total. The van der Waals surface area contributed by atoms with Crippen molar-refractivity contribution in [2.45, 2.75) is 0 Å². The first-order chi connectivity index (χ1) is 9.52. The van der Waals surface area contributed by atoms with E-state index in [-0.39, 0.29) is 16.7 Å². The second-order valence-corrected chi connectivity index (χ2v) is 4.28. The van der Waals surface area contributed by atoms with Crippen LogP contribution < -0.4 is 0 Å². The van der Waals surface area contributed by atoms with E-state index in [9.17, 15) is 24.1 Å². The molecule has 98 valence electrons. The van der Waals surface area contributed by atoms with Crippen molar-refractivity contribution in [1.29, 1.82) is 0 Å². The van der Waals surface area contributed by atoms with Crippen LogP contribution in [0.2, 0.25) is 0 Å². The van der Waals surface area contributed by atoms with Crippen molar-refractivity contribution in [3.8, 4) is 0 Å². The van der Waals surface area contributed by atoms with Crippen LogP contribution in [0.15, 0.2) is 36.4 Å². The van der Waals surface area contributed by atoms with Crippen LogP contribution in [0, 0.1) is 15.9 Å². The zero-order chi connectivity index (χ0) is 14.4. The summed E-state index contributed by atoms with van der Waals surface area (Å²) in [6.07, 6.45) is 0. The van der Waals surface area contributed by atoms with Gasteiger partial charge in [-0.25, -0.2) is 0 Å². The summed E-state index contributed by atoms with van der Waals surface area (Å²) in [6, 6.07) is 7.93. The van der Waals surface area contributed by atoms with Gasteiger partial charge in [-0.2, -0.15) is 4.39 Å². The molecule has 0 heterocycles. The number of benzene rings is 2. The monoisotopic (exact) mass is 271 g/mol. The van der Waals surface area contributed by atoms with Crippen molar-refractivity contribution < 1.29 is 18.9 Å². The first-order valence-corrected chi connectivity index (χ1v) is 5.67. The number of nitro groups is 1. The number of hydrogen-bond donors (Lipinski definition) is 0. The molecule has 0 atom stereocenters. The summed E-state index contributed by atoms with van der Waals surface area (Å²) >= 11 is 0. The number of hydrogen-bond acceptors (Lipinski definition) is 4. The largest absolute Gasteiger partial charge is 0.316 e. The summed E-state index contributed by atoms with van der Waals surface area (Å²) in [6.45, 7) is 0. The van der Waals surface area contributed by atoms with Gasteiger partial charge in [0.2, 0.25) is 11.6 Å². The molecule has 0 unspecified atom stereocenters. The van der Waals surface area contributed by atoms with Gasteiger partial charge >= 0.3 is 5.69 Å². The van der Waals surface area contributed by atoms with E-state index in [4.69, 9.17) is 0 Å². The van der Waals surface area contributed by atoms with E-state index in [0.717, 1.165) is 12.1 Å². The van der Waals surface area contributed by atoms with Crippen molar-refractivity contribution in [3.05, 3.63) is 74.6 Å². The standard InChI is InChI=1S/C14H6FNO4/c15-10-6-5-9-11(12(10)16(19)20)14(18)8-4-2-1-3-7(8)13(9)17/h1-6H. The van der Waals surface area contributed by atoms with Crippen molar-refractivity contribution in [2.75, 3.05) is 0 Å². The Morgan fingerprint density at radius 3 is 2.10 bits per heavy atom. The van der Waals surface area contributed by atoms with Crippen LogP contribution in [0.4, 0.5) is 10.1 Å². The van der Waals surface area contributed by atoms with E-state index in [2.05, 4.69) is 0 Å². The molecule has 1 aliphatic carbocycles. The molecule has 0 radical (unpaired) electrons. The van der Waals surface area contributed by atoms with Crippen LogP contribution in [0.3, 0.4) is 0 Å². The summed E-state index contributed by atoms with van der Waals surface area (Å²) in [5.74, 6) is -2.35. The van der Waals surface area contributed by atoms with Crippen LogP contribution in [0.25, 0.3) is 0 Å². The van der Waals surface area contributed by atoms with Crippen molar-refractivity contribution in [1.82, 2.24) is 0 Å². The minimum atomic E-state index is -1.13. The van der Waals surface area contributed by atoms with Crippen molar-refractivity contribution in [2.24, 2.45) is 0 Å². The SMILES string of the molecule is O=C1c2ccccc2C(=O)c2c1ccc(F)c2[N+](=O)[O-]. The molecule has 0 aromatic heterocycles. The molecular weight excluding hydrogens is 265 g/mol. The van der Waals surface area contributed by atoms with E-state index in [1.807, 2.05) is 0 Å². The zero-order valence-electron chi connectivity index (χ0n) is 9.92. The van der Waals surface area contributed by atoms with E-state index in [1.165, 1.54) is 12.1 Å². The van der Waals surface area contributed by atoms with Gasteiger partial charge in [-0.05, 0) is 12.1 Å². The highest BCUT2D eigenvalue weighted by atomic mass is 19.1. The number of halogens is 1. The highest BCUT2D eigenvalue weighted by Crippen LogP contribution is 2.34. The fourth-order valence-corrected chi connectivity index (χ4v) is 2.32. The fourth-order valence-electron chi connectivity index (χ4n) is 2.32. The number of carbonyl (C=O) groups is 2. The predicted molar refractivity (Wildman–Crippen MR) is 66.4 cm³/mol. The molecule has 5 nitrogen and oxygen atoms in total. The Balaban J connectivity index is 2.40. The van der Waals surface area contributed by atoms with E-state index < -0.39 is 33.6 Å². The first-order valence-electron chi connectivity index (χ1n) is 5.67. The van der Waals surface area contributed by atoms with Gasteiger partial charge in [0, 0.05) is 16.7 Å². The number of nitro benzene ring substituents is 1. The third kappa shape index (κ3) is 1.48. The third-order valence-electron chi connectivity index (χ3n) is 3.20. The Hall–Kier alpha value is -2.89. The van der Waals surface area contributed by atoms with Gasteiger partial charge in [-0.15, -0.1) is 0 Å². The average Bonchev–Trinajstić information content (AvgIpc) is 2.44. The number of nitrogens with zero attached hydrogens (tertiary/aromatic N) is 1. The van der Waals surface area contributed by atoms with Gasteiger partial charge < -0.3 is 0 Å². The van der Waals surface area contributed by atoms with Crippen molar-refractivity contribution in [3.63, 3.8) is 0 Å². The lowest BCUT2D eigenvalue weighted by Gasteiger charge is -2.16. The second-order valence-electron chi connectivity index (χ2n) is 4.28. The lowest BCUT2D eigenvalue weighted by Crippen LogP contribution is -2.22. The fraction of sp³-hybridized carbons (Fsp3) is 0. The number of fused-ring (bicyclic) bond motifs is 2. The smallest absolute Gasteiger partial charge is 0.289 e. The van der Waals surface area contributed by atoms with Gasteiger partial charge in [0.25, 0.3) is 0 Å². The molecule has 2 aromatic rings. The molecule has 0 spiro atoms. The molecule has 0 bridgehead atoms. The van der Waals surface area contributed by atoms with Crippen LogP contribution in [0.1, 0.15) is 31.8 Å². The maximum absolute atomic E-state index is 13.6. The maximum atomic E-state index is 13.6. The van der Waals surface area contributed by atoms with Crippen LogP contribution in [-0.2, 0) is 0 Å². The predicted octanol–water partition coefficient (Wildman–Crippen LogP) is 2.51. The van der Waals surface area contributed by atoms with Gasteiger partial charge in [0.15, 0.2) is 5.78 Å². The van der Waals surface area contributed by atoms with Gasteiger partial charge in [-0.3, -0.25) is 19.7 Å². The lowest BCUT2D eigenvalue weighted by atomic mass is 9.83. The molecule has 0 aliphatic heterocycles. The summed E-state index contributed by atoms with van der Waals surface area (Å²) in [5, 5.41) is 11.0. The topological polar surface area (TPSA) is 77.3 Å². The summed E-state index contributed by atoms with van der Waals surface area (Å²) in [4.78, 5) is 34.5. The Kier molecular flexibility index (Phi) is 2.47. The Labute approximate surface area is 111 Å². The Bertz CT molecular complexity index is 798. The number of rotatable bonds is 1. The van der Waals surface area contributed by atoms with Gasteiger partial charge in [-0.1, -0.05) is 24.3 Å². The molecule has 6 heteroatoms. The van der Waals surface area contributed by atoms with E-state index >= 15 is 0 Å². The summed E-state index contributed by atoms with van der Waals surface area (Å²) < 4.78 is 13.6. The van der Waals surface area contributed by atoms with Gasteiger partial charge in [0.05, 0.1) is 4.92 Å². The van der Waals surface area contributed by atoms with Crippen LogP contribution in [-0.4, -0.2) is 16.5 Å². The second kappa shape index (κ2) is 4.06. The summed E-state index contributed by atoms with van der Waals surface area (Å²) in [5.41, 5.74) is -1.33. The highest BCUT2D eigenvalue weighted by molar-refractivity contribution is 6.29. The molecule has 0 amide bonds. The first kappa shape index (κ1) is 12.2. The van der Waals surface area contributed by atoms with Crippen LogP contribution in [0.5, 0.6) is 0 Å². The molecule has 3 rings (SSSR count).